The van der Waals surface area contributed by atoms with E-state index in [-0.39, 0.29) is 42.9 Å². The van der Waals surface area contributed by atoms with E-state index < -0.39 is 10.0 Å². The first-order chi connectivity index (χ1) is 12.8. The van der Waals surface area contributed by atoms with Crippen molar-refractivity contribution in [3.8, 4) is 0 Å². The average Bonchev–Trinajstić information content (AvgIpc) is 2.67. The van der Waals surface area contributed by atoms with E-state index in [0.29, 0.717) is 19.6 Å². The molecule has 8 nitrogen and oxygen atoms in total. The molecule has 27 heavy (non-hydrogen) atoms. The van der Waals surface area contributed by atoms with Crippen molar-refractivity contribution < 1.29 is 22.9 Å². The summed E-state index contributed by atoms with van der Waals surface area (Å²) in [5, 5.41) is 2.80. The Morgan fingerprint density at radius 1 is 1.07 bits per heavy atom. The molecule has 1 aliphatic rings. The quantitative estimate of drug-likeness (QED) is 0.562. The molecule has 0 bridgehead atoms. The summed E-state index contributed by atoms with van der Waals surface area (Å²) in [6.07, 6.45) is 0.875. The number of carbonyl (C=O) groups is 2. The van der Waals surface area contributed by atoms with Crippen LogP contribution in [0, 0.1) is 0 Å². The molecule has 1 heterocycles. The Balaban J connectivity index is 1.83. The zero-order valence-corrected chi connectivity index (χ0v) is 16.8. The molecule has 0 spiro atoms. The minimum absolute atomic E-state index is 0.0625. The van der Waals surface area contributed by atoms with E-state index in [2.05, 4.69) is 5.32 Å². The molecule has 2 N–H and O–H groups in total. The second-order valence-corrected chi connectivity index (χ2v) is 8.70. The first-order valence-electron chi connectivity index (χ1n) is 9.25. The molecular weight excluding hydrogens is 368 g/mol. The number of nitrogens with zero attached hydrogens (tertiary/aromatic N) is 2. The van der Waals surface area contributed by atoms with Gasteiger partial charge in [-0.2, -0.15) is 4.31 Å². The summed E-state index contributed by atoms with van der Waals surface area (Å²) >= 11 is 0. The molecule has 1 aromatic rings. The van der Waals surface area contributed by atoms with E-state index in [1.165, 1.54) is 4.31 Å². The standard InChI is InChI=1S/C18H28N4O4S/c1-3-9-19-17(23)14-20(2)15-18(24)21-10-12-22(13-11-21)27(25,26)16-7-5-4-6-8-16/h4-8H,3,9-15H2,1-2H3,(H,19,23)/p+1. The normalized spacial score (nSPS) is 16.7. The fourth-order valence-corrected chi connectivity index (χ4v) is 4.40. The smallest absolute Gasteiger partial charge is 0.277 e. The van der Waals surface area contributed by atoms with Crippen molar-refractivity contribution in [2.24, 2.45) is 0 Å². The SMILES string of the molecule is CCCNC(=O)C[NH+](C)CC(=O)N1CCN(S(=O)(=O)c2ccccc2)CC1. The topological polar surface area (TPSA) is 91.2 Å². The highest BCUT2D eigenvalue weighted by molar-refractivity contribution is 7.89. The number of carbonyl (C=O) groups excluding carboxylic acids is 2. The molecule has 2 rings (SSSR count). The van der Waals surface area contributed by atoms with Crippen LogP contribution < -0.4 is 10.2 Å². The van der Waals surface area contributed by atoms with Crippen molar-refractivity contribution in [3.05, 3.63) is 30.3 Å². The third-order valence-corrected chi connectivity index (χ3v) is 6.37. The van der Waals surface area contributed by atoms with Crippen LogP contribution in [-0.2, 0) is 19.6 Å². The first kappa shape index (κ1) is 21.3. The molecule has 0 saturated carbocycles. The maximum Gasteiger partial charge on any atom is 0.277 e. The Morgan fingerprint density at radius 3 is 2.30 bits per heavy atom. The Hall–Kier alpha value is -1.97. The molecule has 0 radical (unpaired) electrons. The molecule has 1 aromatic carbocycles. The van der Waals surface area contributed by atoms with Crippen molar-refractivity contribution in [1.29, 1.82) is 0 Å². The Labute approximate surface area is 161 Å². The van der Waals surface area contributed by atoms with Gasteiger partial charge in [0.05, 0.1) is 11.9 Å². The van der Waals surface area contributed by atoms with Crippen molar-refractivity contribution in [3.63, 3.8) is 0 Å². The number of rotatable bonds is 8. The number of sulfonamides is 1. The van der Waals surface area contributed by atoms with Crippen LogP contribution in [0.15, 0.2) is 35.2 Å². The summed E-state index contributed by atoms with van der Waals surface area (Å²) in [4.78, 5) is 26.9. The number of hydrogen-bond donors (Lipinski definition) is 2. The van der Waals surface area contributed by atoms with Gasteiger partial charge in [0.2, 0.25) is 10.0 Å². The molecule has 2 amide bonds. The Morgan fingerprint density at radius 2 is 1.70 bits per heavy atom. The number of amides is 2. The van der Waals surface area contributed by atoms with Gasteiger partial charge in [-0.05, 0) is 18.6 Å². The van der Waals surface area contributed by atoms with E-state index in [9.17, 15) is 18.0 Å². The van der Waals surface area contributed by atoms with Crippen molar-refractivity contribution in [1.82, 2.24) is 14.5 Å². The lowest BCUT2D eigenvalue weighted by Gasteiger charge is -2.34. The number of nitrogens with one attached hydrogen (secondary N) is 2. The molecule has 1 saturated heterocycles. The van der Waals surface area contributed by atoms with Gasteiger partial charge in [0.25, 0.3) is 11.8 Å². The fourth-order valence-electron chi connectivity index (χ4n) is 2.95. The maximum atomic E-state index is 12.6. The number of hydrogen-bond acceptors (Lipinski definition) is 4. The third-order valence-electron chi connectivity index (χ3n) is 4.46. The van der Waals surface area contributed by atoms with Crippen LogP contribution in [0.1, 0.15) is 13.3 Å². The number of quaternary nitrogens is 1. The molecule has 0 aliphatic carbocycles. The molecule has 150 valence electrons. The van der Waals surface area contributed by atoms with Crippen LogP contribution in [-0.4, -0.2) is 82.3 Å². The number of piperazine rings is 1. The molecule has 0 aromatic heterocycles. The van der Waals surface area contributed by atoms with Crippen molar-refractivity contribution in [2.75, 3.05) is 52.9 Å². The molecule has 9 heteroatoms. The maximum absolute atomic E-state index is 12.6. The molecule has 1 aliphatic heterocycles. The first-order valence-corrected chi connectivity index (χ1v) is 10.7. The van der Waals surface area contributed by atoms with E-state index >= 15 is 0 Å². The average molecular weight is 398 g/mol. The molecule has 1 fully saturated rings. The molecule has 1 unspecified atom stereocenters. The number of benzene rings is 1. The molecular formula is C18H29N4O4S+. The van der Waals surface area contributed by atoms with Gasteiger partial charge in [0.15, 0.2) is 13.1 Å². The van der Waals surface area contributed by atoms with Crippen LogP contribution in [0.3, 0.4) is 0 Å². The lowest BCUT2D eigenvalue weighted by atomic mass is 10.3. The highest BCUT2D eigenvalue weighted by atomic mass is 32.2. The second kappa shape index (κ2) is 9.82. The van der Waals surface area contributed by atoms with Crippen LogP contribution in [0.5, 0.6) is 0 Å². The minimum Gasteiger partial charge on any atom is -0.351 e. The van der Waals surface area contributed by atoms with Gasteiger partial charge in [0, 0.05) is 32.7 Å². The highest BCUT2D eigenvalue weighted by Crippen LogP contribution is 2.17. The zero-order chi connectivity index (χ0) is 19.9. The van der Waals surface area contributed by atoms with E-state index in [4.69, 9.17) is 0 Å². The Kier molecular flexibility index (Phi) is 7.76. The summed E-state index contributed by atoms with van der Waals surface area (Å²) in [6, 6.07) is 8.32. The van der Waals surface area contributed by atoms with E-state index in [1.807, 2.05) is 6.92 Å². The highest BCUT2D eigenvalue weighted by Gasteiger charge is 2.30. The Bertz CT molecular complexity index is 731. The summed E-state index contributed by atoms with van der Waals surface area (Å²) in [5.41, 5.74) is 0. The van der Waals surface area contributed by atoms with Crippen molar-refractivity contribution in [2.45, 2.75) is 18.2 Å². The van der Waals surface area contributed by atoms with Gasteiger partial charge in [0.1, 0.15) is 0 Å². The summed E-state index contributed by atoms with van der Waals surface area (Å²) in [6.45, 7) is 4.35. The van der Waals surface area contributed by atoms with Gasteiger partial charge in [-0.25, -0.2) is 8.42 Å². The number of likely N-dealkylation sites (N-methyl/N-ethyl adjacent to an activating group) is 1. The van der Waals surface area contributed by atoms with Crippen molar-refractivity contribution >= 4 is 21.8 Å². The summed E-state index contributed by atoms with van der Waals surface area (Å²) in [7, 11) is -1.72. The monoisotopic (exact) mass is 397 g/mol. The van der Waals surface area contributed by atoms with Crippen LogP contribution in [0.4, 0.5) is 0 Å². The lowest BCUT2D eigenvalue weighted by molar-refractivity contribution is -0.863. The van der Waals surface area contributed by atoms with E-state index in [0.717, 1.165) is 11.3 Å². The lowest BCUT2D eigenvalue weighted by Crippen LogP contribution is -3.11. The predicted octanol–water partition coefficient (Wildman–Crippen LogP) is -1.44. The largest absolute Gasteiger partial charge is 0.351 e. The van der Waals surface area contributed by atoms with Gasteiger partial charge in [-0.3, -0.25) is 9.59 Å². The minimum atomic E-state index is -3.52. The fraction of sp³-hybridized carbons (Fsp3) is 0.556. The van der Waals surface area contributed by atoms with Crippen LogP contribution in [0.25, 0.3) is 0 Å². The third kappa shape index (κ3) is 6.02. The molecule has 1 atom stereocenters. The predicted molar refractivity (Wildman–Crippen MR) is 102 cm³/mol. The van der Waals surface area contributed by atoms with Gasteiger partial charge in [-0.15, -0.1) is 0 Å². The van der Waals surface area contributed by atoms with Crippen LogP contribution >= 0.6 is 0 Å². The van der Waals surface area contributed by atoms with Gasteiger partial charge >= 0.3 is 0 Å². The van der Waals surface area contributed by atoms with Gasteiger partial charge in [-0.1, -0.05) is 25.1 Å². The second-order valence-electron chi connectivity index (χ2n) is 6.76. The zero-order valence-electron chi connectivity index (χ0n) is 16.0. The van der Waals surface area contributed by atoms with E-state index in [1.54, 1.807) is 42.3 Å². The van der Waals surface area contributed by atoms with Crippen LogP contribution in [0.2, 0.25) is 0 Å². The summed E-state index contributed by atoms with van der Waals surface area (Å²) < 4.78 is 26.7. The van der Waals surface area contributed by atoms with Gasteiger partial charge < -0.3 is 15.1 Å². The summed E-state index contributed by atoms with van der Waals surface area (Å²) in [5.74, 6) is -0.131.